The van der Waals surface area contributed by atoms with Gasteiger partial charge in [-0.1, -0.05) is 0 Å². The molecule has 0 fully saturated rings. The van der Waals surface area contributed by atoms with Gasteiger partial charge in [0, 0.05) is 34.9 Å². The van der Waals surface area contributed by atoms with Gasteiger partial charge in [-0.15, -0.1) is 11.3 Å². The van der Waals surface area contributed by atoms with Gasteiger partial charge in [0.05, 0.1) is 6.04 Å². The van der Waals surface area contributed by atoms with Gasteiger partial charge >= 0.3 is 0 Å². The summed E-state index contributed by atoms with van der Waals surface area (Å²) in [6, 6.07) is 1.60. The van der Waals surface area contributed by atoms with E-state index in [1.165, 1.54) is 0 Å². The van der Waals surface area contributed by atoms with Gasteiger partial charge in [-0.05, 0) is 34.8 Å². The molecule has 0 aliphatic rings. The number of ether oxygens (including phenoxy) is 1. The van der Waals surface area contributed by atoms with Crippen molar-refractivity contribution in [3.63, 3.8) is 0 Å². The summed E-state index contributed by atoms with van der Waals surface area (Å²) in [6.07, 6.45) is 1.96. The van der Waals surface area contributed by atoms with E-state index in [1.54, 1.807) is 18.4 Å². The minimum absolute atomic E-state index is 0.102. The molecule has 0 spiro atoms. The fourth-order valence-corrected chi connectivity index (χ4v) is 2.82. The lowest BCUT2D eigenvalue weighted by Gasteiger charge is -2.09. The van der Waals surface area contributed by atoms with Crippen LogP contribution in [0.25, 0.3) is 0 Å². The first-order valence-electron chi connectivity index (χ1n) is 5.13. The smallest absolute Gasteiger partial charge is 0.154 e. The van der Waals surface area contributed by atoms with Crippen LogP contribution in [0.1, 0.15) is 17.7 Å². The minimum atomic E-state index is -0.365. The number of nitrogens with two attached hydrogens (primary N) is 1. The van der Waals surface area contributed by atoms with E-state index in [0.29, 0.717) is 19.4 Å². The second kappa shape index (κ2) is 7.17. The summed E-state index contributed by atoms with van der Waals surface area (Å²) in [4.78, 5) is 12.8. The van der Waals surface area contributed by atoms with Crippen LogP contribution in [0.2, 0.25) is 0 Å². The fourth-order valence-electron chi connectivity index (χ4n) is 1.36. The van der Waals surface area contributed by atoms with Crippen molar-refractivity contribution in [2.75, 3.05) is 13.7 Å². The normalized spacial score (nSPS) is 12.7. The Bertz CT molecular complexity index is 340. The number of halogens is 1. The van der Waals surface area contributed by atoms with E-state index in [2.05, 4.69) is 15.9 Å². The van der Waals surface area contributed by atoms with Gasteiger partial charge in [-0.3, -0.25) is 4.79 Å². The molecule has 0 bridgehead atoms. The Morgan fingerprint density at radius 2 is 2.44 bits per heavy atom. The van der Waals surface area contributed by atoms with Gasteiger partial charge < -0.3 is 10.5 Å². The van der Waals surface area contributed by atoms with Crippen molar-refractivity contribution in [1.82, 2.24) is 0 Å². The van der Waals surface area contributed by atoms with Crippen LogP contribution in [0.4, 0.5) is 0 Å². The molecule has 3 nitrogen and oxygen atoms in total. The Morgan fingerprint density at radius 1 is 1.69 bits per heavy atom. The number of ketones is 1. The van der Waals surface area contributed by atoms with Crippen LogP contribution in [-0.4, -0.2) is 25.5 Å². The highest BCUT2D eigenvalue weighted by Gasteiger charge is 2.14. The maximum atomic E-state index is 11.7. The van der Waals surface area contributed by atoms with Crippen molar-refractivity contribution in [1.29, 1.82) is 0 Å². The molecule has 0 aliphatic heterocycles. The first-order chi connectivity index (χ1) is 7.63. The molecule has 2 N–H and O–H groups in total. The first kappa shape index (κ1) is 13.8. The predicted octanol–water partition coefficient (Wildman–Crippen LogP) is 2.38. The molecule has 0 saturated carbocycles. The molecular formula is C11H16BrNO2S. The topological polar surface area (TPSA) is 52.3 Å². The molecule has 16 heavy (non-hydrogen) atoms. The number of hydrogen-bond donors (Lipinski definition) is 1. The third-order valence-corrected chi connectivity index (χ3v) is 3.94. The van der Waals surface area contributed by atoms with Crippen molar-refractivity contribution in [3.05, 3.63) is 20.8 Å². The van der Waals surface area contributed by atoms with Gasteiger partial charge in [0.25, 0.3) is 0 Å². The number of hydrogen-bond acceptors (Lipinski definition) is 4. The Kier molecular flexibility index (Phi) is 6.20. The van der Waals surface area contributed by atoms with Crippen molar-refractivity contribution in [2.24, 2.45) is 5.73 Å². The zero-order chi connectivity index (χ0) is 12.0. The van der Waals surface area contributed by atoms with Gasteiger partial charge in [-0.2, -0.15) is 0 Å². The molecule has 1 aromatic heterocycles. The SMILES string of the molecule is COCCCC(N)C(=O)Cc1cc(Br)cs1. The molecule has 0 amide bonds. The Balaban J connectivity index is 2.34. The molecule has 1 rings (SSSR count). The molecule has 90 valence electrons. The minimum Gasteiger partial charge on any atom is -0.385 e. The monoisotopic (exact) mass is 305 g/mol. The lowest BCUT2D eigenvalue weighted by atomic mass is 10.1. The first-order valence-corrected chi connectivity index (χ1v) is 6.81. The summed E-state index contributed by atoms with van der Waals surface area (Å²) >= 11 is 4.94. The molecule has 0 saturated heterocycles. The number of carbonyl (C=O) groups excluding carboxylic acids is 1. The molecule has 1 heterocycles. The molecule has 1 unspecified atom stereocenters. The summed E-state index contributed by atoms with van der Waals surface area (Å²) in [5.41, 5.74) is 5.80. The largest absolute Gasteiger partial charge is 0.385 e. The van der Waals surface area contributed by atoms with Crippen LogP contribution in [0.15, 0.2) is 15.9 Å². The molecule has 1 aromatic rings. The number of methoxy groups -OCH3 is 1. The second-order valence-corrected chi connectivity index (χ2v) is 5.53. The van der Waals surface area contributed by atoms with E-state index >= 15 is 0 Å². The zero-order valence-electron chi connectivity index (χ0n) is 9.24. The average Bonchev–Trinajstić information content (AvgIpc) is 2.64. The third-order valence-electron chi connectivity index (χ3n) is 2.25. The standard InChI is InChI=1S/C11H16BrNO2S/c1-15-4-2-3-10(13)11(14)6-9-5-8(12)7-16-9/h5,7,10H,2-4,6,13H2,1H3. The van der Waals surface area contributed by atoms with E-state index in [4.69, 9.17) is 10.5 Å². The number of carbonyl (C=O) groups is 1. The van der Waals surface area contributed by atoms with Crippen molar-refractivity contribution < 1.29 is 9.53 Å². The zero-order valence-corrected chi connectivity index (χ0v) is 11.6. The van der Waals surface area contributed by atoms with Crippen molar-refractivity contribution >= 4 is 33.0 Å². The van der Waals surface area contributed by atoms with E-state index < -0.39 is 0 Å². The fraction of sp³-hybridized carbons (Fsp3) is 0.545. The molecule has 0 radical (unpaired) electrons. The Morgan fingerprint density at radius 3 is 3.00 bits per heavy atom. The summed E-state index contributed by atoms with van der Waals surface area (Å²) in [5.74, 6) is 0.102. The summed E-state index contributed by atoms with van der Waals surface area (Å²) in [5, 5.41) is 1.97. The Hall–Kier alpha value is -0.230. The van der Waals surface area contributed by atoms with Crippen LogP contribution >= 0.6 is 27.3 Å². The van der Waals surface area contributed by atoms with Gasteiger partial charge in [-0.25, -0.2) is 0 Å². The highest BCUT2D eigenvalue weighted by molar-refractivity contribution is 9.10. The van der Waals surface area contributed by atoms with Gasteiger partial charge in [0.15, 0.2) is 5.78 Å². The van der Waals surface area contributed by atoms with Crippen LogP contribution in [0.3, 0.4) is 0 Å². The van der Waals surface area contributed by atoms with Crippen LogP contribution in [-0.2, 0) is 16.0 Å². The summed E-state index contributed by atoms with van der Waals surface area (Å²) in [6.45, 7) is 0.658. The summed E-state index contributed by atoms with van der Waals surface area (Å²) < 4.78 is 5.94. The predicted molar refractivity (Wildman–Crippen MR) is 69.8 cm³/mol. The molecule has 1 atom stereocenters. The van der Waals surface area contributed by atoms with Crippen molar-refractivity contribution in [3.8, 4) is 0 Å². The van der Waals surface area contributed by atoms with Gasteiger partial charge in [0.2, 0.25) is 0 Å². The lowest BCUT2D eigenvalue weighted by molar-refractivity contribution is -0.119. The van der Waals surface area contributed by atoms with Crippen LogP contribution < -0.4 is 5.73 Å². The van der Waals surface area contributed by atoms with E-state index in [1.807, 2.05) is 11.4 Å². The average molecular weight is 306 g/mol. The quantitative estimate of drug-likeness (QED) is 0.787. The highest BCUT2D eigenvalue weighted by Crippen LogP contribution is 2.20. The maximum Gasteiger partial charge on any atom is 0.154 e. The van der Waals surface area contributed by atoms with E-state index in [-0.39, 0.29) is 11.8 Å². The highest BCUT2D eigenvalue weighted by atomic mass is 79.9. The molecule has 0 aliphatic carbocycles. The van der Waals surface area contributed by atoms with Crippen LogP contribution in [0.5, 0.6) is 0 Å². The van der Waals surface area contributed by atoms with E-state index in [9.17, 15) is 4.79 Å². The van der Waals surface area contributed by atoms with Gasteiger partial charge in [0.1, 0.15) is 0 Å². The lowest BCUT2D eigenvalue weighted by Crippen LogP contribution is -2.31. The maximum absolute atomic E-state index is 11.7. The molecule has 5 heteroatoms. The molecular weight excluding hydrogens is 290 g/mol. The number of thiophene rings is 1. The van der Waals surface area contributed by atoms with Crippen LogP contribution in [0, 0.1) is 0 Å². The number of rotatable bonds is 7. The summed E-state index contributed by atoms with van der Waals surface area (Å²) in [7, 11) is 1.65. The third kappa shape index (κ3) is 4.74. The second-order valence-electron chi connectivity index (χ2n) is 3.62. The Labute approximate surface area is 108 Å². The molecule has 0 aromatic carbocycles. The number of Topliss-reactive ketones (excluding diaryl/α,β-unsaturated/α-hetero) is 1. The van der Waals surface area contributed by atoms with E-state index in [0.717, 1.165) is 15.8 Å². The van der Waals surface area contributed by atoms with Crippen molar-refractivity contribution in [2.45, 2.75) is 25.3 Å².